The van der Waals surface area contributed by atoms with E-state index in [1.54, 1.807) is 13.8 Å². The maximum atomic E-state index is 9.52. The zero-order valence-electron chi connectivity index (χ0n) is 12.2. The number of ether oxygens (including phenoxy) is 3. The number of hydrogen-bond donors (Lipinski definition) is 1. The van der Waals surface area contributed by atoms with Crippen LogP contribution in [0.1, 0.15) is 32.3 Å². The lowest BCUT2D eigenvalue weighted by Gasteiger charge is -2.22. The summed E-state index contributed by atoms with van der Waals surface area (Å²) in [6.07, 6.45) is 1.82. The van der Waals surface area contributed by atoms with Gasteiger partial charge in [0.1, 0.15) is 0 Å². The lowest BCUT2D eigenvalue weighted by atomic mass is 10.1. The molecule has 0 radical (unpaired) electrons. The average molecular weight is 280 g/mol. The minimum absolute atomic E-state index is 0.0565. The van der Waals surface area contributed by atoms with Crippen molar-refractivity contribution >= 4 is 0 Å². The second kappa shape index (κ2) is 7.18. The van der Waals surface area contributed by atoms with E-state index >= 15 is 0 Å². The van der Waals surface area contributed by atoms with Crippen LogP contribution in [0.15, 0.2) is 30.3 Å². The summed E-state index contributed by atoms with van der Waals surface area (Å²) in [5.74, 6) is -1.08. The lowest BCUT2D eigenvalue weighted by molar-refractivity contribution is -0.181. The smallest absolute Gasteiger partial charge is 0.159 e. The Bertz CT molecular complexity index is 385. The van der Waals surface area contributed by atoms with E-state index in [4.69, 9.17) is 14.2 Å². The van der Waals surface area contributed by atoms with Gasteiger partial charge in [-0.2, -0.15) is 0 Å². The van der Waals surface area contributed by atoms with Gasteiger partial charge in [-0.05, 0) is 32.3 Å². The van der Waals surface area contributed by atoms with Crippen molar-refractivity contribution in [1.29, 1.82) is 0 Å². The highest BCUT2D eigenvalue weighted by Crippen LogP contribution is 2.22. The fourth-order valence-corrected chi connectivity index (χ4v) is 2.29. The molecule has 0 amide bonds. The first-order valence-corrected chi connectivity index (χ1v) is 7.18. The molecule has 4 heteroatoms. The van der Waals surface area contributed by atoms with Crippen molar-refractivity contribution in [3.63, 3.8) is 0 Å². The largest absolute Gasteiger partial charge is 0.375 e. The molecule has 0 bridgehead atoms. The Morgan fingerprint density at radius 3 is 2.75 bits per heavy atom. The Morgan fingerprint density at radius 2 is 2.05 bits per heavy atom. The maximum absolute atomic E-state index is 9.52. The van der Waals surface area contributed by atoms with Crippen LogP contribution in [0, 0.1) is 0 Å². The van der Waals surface area contributed by atoms with Gasteiger partial charge in [0.05, 0.1) is 25.4 Å². The molecule has 0 saturated carbocycles. The van der Waals surface area contributed by atoms with Crippen molar-refractivity contribution in [2.24, 2.45) is 0 Å². The van der Waals surface area contributed by atoms with Crippen LogP contribution in [0.2, 0.25) is 0 Å². The molecule has 4 nitrogen and oxygen atoms in total. The van der Waals surface area contributed by atoms with E-state index in [2.05, 4.69) is 12.1 Å². The molecule has 0 spiro atoms. The quantitative estimate of drug-likeness (QED) is 0.780. The van der Waals surface area contributed by atoms with E-state index in [1.807, 2.05) is 18.2 Å². The van der Waals surface area contributed by atoms with Crippen molar-refractivity contribution < 1.29 is 19.3 Å². The van der Waals surface area contributed by atoms with Gasteiger partial charge < -0.3 is 19.3 Å². The molecule has 0 aromatic heterocycles. The van der Waals surface area contributed by atoms with E-state index in [9.17, 15) is 5.11 Å². The molecule has 112 valence electrons. The van der Waals surface area contributed by atoms with E-state index in [1.165, 1.54) is 5.56 Å². The first-order chi connectivity index (χ1) is 9.54. The van der Waals surface area contributed by atoms with Crippen LogP contribution in [0.4, 0.5) is 0 Å². The summed E-state index contributed by atoms with van der Waals surface area (Å²) in [6.45, 7) is 5.07. The molecule has 1 aliphatic rings. The van der Waals surface area contributed by atoms with E-state index < -0.39 is 5.79 Å². The van der Waals surface area contributed by atoms with Gasteiger partial charge in [-0.1, -0.05) is 30.3 Å². The molecule has 1 saturated heterocycles. The fourth-order valence-electron chi connectivity index (χ4n) is 2.29. The first kappa shape index (κ1) is 15.4. The Kier molecular flexibility index (Phi) is 5.54. The van der Waals surface area contributed by atoms with Crippen LogP contribution < -0.4 is 0 Å². The summed E-state index contributed by atoms with van der Waals surface area (Å²) >= 11 is 0. The van der Waals surface area contributed by atoms with Crippen molar-refractivity contribution in [2.75, 3.05) is 13.2 Å². The van der Waals surface area contributed by atoms with Crippen LogP contribution in [0.5, 0.6) is 0 Å². The fraction of sp³-hybridized carbons (Fsp3) is 0.625. The number of rotatable bonds is 7. The summed E-state index contributed by atoms with van der Waals surface area (Å²) < 4.78 is 16.9. The van der Waals surface area contributed by atoms with E-state index in [0.29, 0.717) is 13.2 Å². The molecular weight excluding hydrogens is 256 g/mol. The number of aliphatic hydroxyl groups is 1. The molecule has 1 fully saturated rings. The number of benzene rings is 1. The van der Waals surface area contributed by atoms with Crippen molar-refractivity contribution in [3.8, 4) is 0 Å². The van der Waals surface area contributed by atoms with Gasteiger partial charge in [0.15, 0.2) is 5.79 Å². The minimum atomic E-state index is -1.08. The second-order valence-electron chi connectivity index (χ2n) is 5.62. The minimum Gasteiger partial charge on any atom is -0.375 e. The van der Waals surface area contributed by atoms with Crippen molar-refractivity contribution in [1.82, 2.24) is 0 Å². The summed E-state index contributed by atoms with van der Waals surface area (Å²) in [5.41, 5.74) is 1.17. The third kappa shape index (κ3) is 5.21. The van der Waals surface area contributed by atoms with Gasteiger partial charge in [-0.15, -0.1) is 0 Å². The maximum Gasteiger partial charge on any atom is 0.159 e. The third-order valence-electron chi connectivity index (χ3n) is 3.31. The summed E-state index contributed by atoms with van der Waals surface area (Å²) in [6, 6.07) is 10.1. The highest BCUT2D eigenvalue weighted by atomic mass is 16.6. The van der Waals surface area contributed by atoms with Gasteiger partial charge >= 0.3 is 0 Å². The highest BCUT2D eigenvalue weighted by molar-refractivity contribution is 5.13. The zero-order chi connectivity index (χ0) is 14.4. The molecule has 1 aromatic carbocycles. The van der Waals surface area contributed by atoms with Crippen LogP contribution in [-0.2, 0) is 20.8 Å². The zero-order valence-corrected chi connectivity index (χ0v) is 12.2. The Hall–Kier alpha value is -0.940. The van der Waals surface area contributed by atoms with Gasteiger partial charge in [-0.25, -0.2) is 0 Å². The van der Waals surface area contributed by atoms with Gasteiger partial charge in [0.25, 0.3) is 0 Å². The summed E-state index contributed by atoms with van der Waals surface area (Å²) in [7, 11) is 0. The van der Waals surface area contributed by atoms with Crippen LogP contribution in [-0.4, -0.2) is 36.3 Å². The molecule has 2 rings (SSSR count). The molecular formula is C16H24O4. The number of hydrogen-bond acceptors (Lipinski definition) is 4. The van der Waals surface area contributed by atoms with Crippen LogP contribution >= 0.6 is 0 Å². The molecule has 20 heavy (non-hydrogen) atoms. The predicted molar refractivity (Wildman–Crippen MR) is 76.2 cm³/mol. The second-order valence-corrected chi connectivity index (χ2v) is 5.62. The molecule has 1 N–H and O–H groups in total. The Morgan fingerprint density at radius 1 is 1.30 bits per heavy atom. The van der Waals surface area contributed by atoms with E-state index in [-0.39, 0.29) is 12.2 Å². The van der Waals surface area contributed by atoms with Gasteiger partial charge in [-0.3, -0.25) is 0 Å². The predicted octanol–water partition coefficient (Wildman–Crippen LogP) is 2.50. The lowest BCUT2D eigenvalue weighted by Crippen LogP contribution is -2.29. The van der Waals surface area contributed by atoms with E-state index in [0.717, 1.165) is 19.4 Å². The molecule has 2 unspecified atom stereocenters. The van der Waals surface area contributed by atoms with Gasteiger partial charge in [0.2, 0.25) is 0 Å². The molecule has 2 atom stereocenters. The highest BCUT2D eigenvalue weighted by Gasteiger charge is 2.29. The SMILES string of the molecule is CC(C)(O)OCCC1OCCC1OCc1ccccc1. The van der Waals surface area contributed by atoms with Gasteiger partial charge in [0, 0.05) is 6.61 Å². The van der Waals surface area contributed by atoms with Crippen LogP contribution in [0.3, 0.4) is 0 Å². The standard InChI is InChI=1S/C16H24O4/c1-16(2,17)20-11-9-14-15(8-10-18-14)19-12-13-6-4-3-5-7-13/h3-7,14-15,17H,8-12H2,1-2H3. The Balaban J connectivity index is 1.73. The molecule has 1 heterocycles. The third-order valence-corrected chi connectivity index (χ3v) is 3.31. The van der Waals surface area contributed by atoms with Crippen molar-refractivity contribution in [2.45, 2.75) is 51.3 Å². The van der Waals surface area contributed by atoms with Crippen molar-refractivity contribution in [3.05, 3.63) is 35.9 Å². The summed E-state index contributed by atoms with van der Waals surface area (Å²) in [4.78, 5) is 0. The monoisotopic (exact) mass is 280 g/mol. The molecule has 1 aliphatic heterocycles. The molecule has 0 aliphatic carbocycles. The van der Waals surface area contributed by atoms with Crippen LogP contribution in [0.25, 0.3) is 0 Å². The Labute approximate surface area is 120 Å². The topological polar surface area (TPSA) is 47.9 Å². The average Bonchev–Trinajstić information content (AvgIpc) is 2.84. The first-order valence-electron chi connectivity index (χ1n) is 7.18. The normalized spacial score (nSPS) is 23.1. The summed E-state index contributed by atoms with van der Waals surface area (Å²) in [5, 5.41) is 9.52. The molecule has 1 aromatic rings.